The van der Waals surface area contributed by atoms with Crippen molar-refractivity contribution in [3.8, 4) is 11.4 Å². The number of halogens is 2. The van der Waals surface area contributed by atoms with E-state index in [1.165, 1.54) is 17.4 Å². The molecule has 13 heavy (non-hydrogen) atoms. The van der Waals surface area contributed by atoms with E-state index >= 15 is 0 Å². The maximum atomic E-state index is 12.5. The van der Waals surface area contributed by atoms with Gasteiger partial charge in [-0.1, -0.05) is 11.6 Å². The Bertz CT molecular complexity index is 412. The molecule has 2 aromatic rings. The lowest BCUT2D eigenvalue weighted by atomic mass is 10.3. The average Bonchev–Trinajstić information content (AvgIpc) is 2.53. The van der Waals surface area contributed by atoms with Gasteiger partial charge < -0.3 is 0 Å². The van der Waals surface area contributed by atoms with Gasteiger partial charge in [0.25, 0.3) is 0 Å². The highest BCUT2D eigenvalue weighted by Crippen LogP contribution is 2.22. The molecule has 0 aliphatic rings. The van der Waals surface area contributed by atoms with Crippen LogP contribution in [0.3, 0.4) is 0 Å². The van der Waals surface area contributed by atoms with Crippen LogP contribution in [0.4, 0.5) is 4.39 Å². The zero-order valence-corrected chi connectivity index (χ0v) is 7.94. The summed E-state index contributed by atoms with van der Waals surface area (Å²) >= 11 is 6.97. The molecule has 0 fully saturated rings. The van der Waals surface area contributed by atoms with Crippen molar-refractivity contribution in [2.45, 2.75) is 0 Å². The van der Waals surface area contributed by atoms with Gasteiger partial charge in [0.2, 0.25) is 0 Å². The number of thiazole rings is 1. The normalized spacial score (nSPS) is 10.3. The Hall–Kier alpha value is -1.00. The fourth-order valence-corrected chi connectivity index (χ4v) is 1.65. The highest BCUT2D eigenvalue weighted by molar-refractivity contribution is 7.14. The molecule has 2 aromatic heterocycles. The minimum atomic E-state index is -0.356. The van der Waals surface area contributed by atoms with Crippen LogP contribution < -0.4 is 0 Å². The second kappa shape index (κ2) is 3.40. The number of pyridine rings is 1. The van der Waals surface area contributed by atoms with Crippen LogP contribution in [0.2, 0.25) is 4.47 Å². The van der Waals surface area contributed by atoms with Crippen molar-refractivity contribution in [1.82, 2.24) is 9.97 Å². The molecule has 0 saturated heterocycles. The van der Waals surface area contributed by atoms with E-state index in [0.717, 1.165) is 6.20 Å². The fraction of sp³-hybridized carbons (Fsp3) is 0. The standard InChI is InChI=1S/C8H4ClFN2S/c9-8-12-7(4-13-8)6-2-1-5(10)3-11-6/h1-4H. The van der Waals surface area contributed by atoms with Crippen LogP contribution in [0.5, 0.6) is 0 Å². The lowest BCUT2D eigenvalue weighted by molar-refractivity contribution is 0.622. The van der Waals surface area contributed by atoms with Crippen molar-refractivity contribution in [3.05, 3.63) is 34.0 Å². The Balaban J connectivity index is 2.41. The van der Waals surface area contributed by atoms with E-state index in [4.69, 9.17) is 11.6 Å². The first kappa shape index (κ1) is 8.59. The zero-order chi connectivity index (χ0) is 9.26. The second-order valence-corrected chi connectivity index (χ2v) is 3.79. The summed E-state index contributed by atoms with van der Waals surface area (Å²) < 4.78 is 13.0. The highest BCUT2D eigenvalue weighted by Gasteiger charge is 2.03. The predicted molar refractivity (Wildman–Crippen MR) is 50.3 cm³/mol. The van der Waals surface area contributed by atoms with E-state index in [9.17, 15) is 4.39 Å². The Kier molecular flexibility index (Phi) is 2.24. The summed E-state index contributed by atoms with van der Waals surface area (Å²) in [6.45, 7) is 0. The third-order valence-corrected chi connectivity index (χ3v) is 2.44. The first-order chi connectivity index (χ1) is 6.25. The molecule has 2 nitrogen and oxygen atoms in total. The van der Waals surface area contributed by atoms with Gasteiger partial charge in [0.15, 0.2) is 4.47 Å². The number of rotatable bonds is 1. The average molecular weight is 215 g/mol. The molecule has 0 saturated carbocycles. The van der Waals surface area contributed by atoms with Crippen LogP contribution in [-0.2, 0) is 0 Å². The fourth-order valence-electron chi connectivity index (χ4n) is 0.897. The molecule has 0 N–H and O–H groups in total. The van der Waals surface area contributed by atoms with Gasteiger partial charge in [0.05, 0.1) is 11.9 Å². The molecule has 0 aliphatic heterocycles. The van der Waals surface area contributed by atoms with Crippen LogP contribution in [0, 0.1) is 5.82 Å². The summed E-state index contributed by atoms with van der Waals surface area (Å²) in [5.41, 5.74) is 1.31. The van der Waals surface area contributed by atoms with Gasteiger partial charge in [-0.3, -0.25) is 4.98 Å². The van der Waals surface area contributed by atoms with Crippen molar-refractivity contribution >= 4 is 22.9 Å². The number of hydrogen-bond donors (Lipinski definition) is 0. The van der Waals surface area contributed by atoms with Crippen molar-refractivity contribution in [3.63, 3.8) is 0 Å². The number of nitrogens with zero attached hydrogens (tertiary/aromatic N) is 2. The molecule has 2 rings (SSSR count). The van der Waals surface area contributed by atoms with Gasteiger partial charge in [-0.15, -0.1) is 11.3 Å². The molecule has 0 aliphatic carbocycles. The monoisotopic (exact) mass is 214 g/mol. The first-order valence-electron chi connectivity index (χ1n) is 3.48. The van der Waals surface area contributed by atoms with Crippen LogP contribution in [-0.4, -0.2) is 9.97 Å². The molecule has 5 heteroatoms. The Labute approximate surface area is 83.0 Å². The Morgan fingerprint density at radius 2 is 2.15 bits per heavy atom. The van der Waals surface area contributed by atoms with Gasteiger partial charge in [0, 0.05) is 5.38 Å². The van der Waals surface area contributed by atoms with Gasteiger partial charge in [0.1, 0.15) is 11.5 Å². The van der Waals surface area contributed by atoms with E-state index in [2.05, 4.69) is 9.97 Å². The lowest BCUT2D eigenvalue weighted by Crippen LogP contribution is -1.83. The summed E-state index contributed by atoms with van der Waals surface area (Å²) in [5.74, 6) is -0.356. The van der Waals surface area contributed by atoms with Crippen LogP contribution in [0.25, 0.3) is 11.4 Å². The third kappa shape index (κ3) is 1.84. The largest absolute Gasteiger partial charge is 0.252 e. The van der Waals surface area contributed by atoms with E-state index < -0.39 is 0 Å². The molecule has 66 valence electrons. The van der Waals surface area contributed by atoms with Gasteiger partial charge in [-0.05, 0) is 12.1 Å². The van der Waals surface area contributed by atoms with E-state index in [-0.39, 0.29) is 5.82 Å². The molecule has 2 heterocycles. The van der Waals surface area contributed by atoms with Gasteiger partial charge in [-0.2, -0.15) is 0 Å². The molecule has 0 spiro atoms. The first-order valence-corrected chi connectivity index (χ1v) is 4.74. The Morgan fingerprint density at radius 3 is 2.69 bits per heavy atom. The van der Waals surface area contributed by atoms with Gasteiger partial charge >= 0.3 is 0 Å². The summed E-state index contributed by atoms with van der Waals surface area (Å²) in [6.07, 6.45) is 1.16. The van der Waals surface area contributed by atoms with Crippen molar-refractivity contribution in [2.75, 3.05) is 0 Å². The molecule has 0 unspecified atom stereocenters. The Morgan fingerprint density at radius 1 is 1.31 bits per heavy atom. The van der Waals surface area contributed by atoms with Crippen molar-refractivity contribution in [1.29, 1.82) is 0 Å². The molecule has 0 aromatic carbocycles. The highest BCUT2D eigenvalue weighted by atomic mass is 35.5. The second-order valence-electron chi connectivity index (χ2n) is 2.35. The minimum Gasteiger partial charge on any atom is -0.252 e. The van der Waals surface area contributed by atoms with E-state index in [1.54, 1.807) is 11.4 Å². The van der Waals surface area contributed by atoms with E-state index in [1.807, 2.05) is 0 Å². The summed E-state index contributed by atoms with van der Waals surface area (Å²) in [4.78, 5) is 7.88. The third-order valence-electron chi connectivity index (χ3n) is 1.47. The molecule has 0 bridgehead atoms. The SMILES string of the molecule is Fc1ccc(-c2csc(Cl)n2)nc1. The zero-order valence-electron chi connectivity index (χ0n) is 6.37. The predicted octanol–water partition coefficient (Wildman–Crippen LogP) is 3.00. The minimum absolute atomic E-state index is 0.356. The number of hydrogen-bond acceptors (Lipinski definition) is 3. The molecular weight excluding hydrogens is 211 g/mol. The van der Waals surface area contributed by atoms with Gasteiger partial charge in [-0.25, -0.2) is 9.37 Å². The van der Waals surface area contributed by atoms with E-state index in [0.29, 0.717) is 15.9 Å². The quantitative estimate of drug-likeness (QED) is 0.729. The van der Waals surface area contributed by atoms with Crippen LogP contribution in [0.1, 0.15) is 0 Å². The molecule has 0 radical (unpaired) electrons. The van der Waals surface area contributed by atoms with Crippen molar-refractivity contribution < 1.29 is 4.39 Å². The summed E-state index contributed by atoms with van der Waals surface area (Å²) in [6, 6.07) is 2.91. The summed E-state index contributed by atoms with van der Waals surface area (Å²) in [5, 5.41) is 1.78. The molecule has 0 amide bonds. The number of aromatic nitrogens is 2. The smallest absolute Gasteiger partial charge is 0.184 e. The summed E-state index contributed by atoms with van der Waals surface area (Å²) in [7, 11) is 0. The molecular formula is C8H4ClFN2S. The topological polar surface area (TPSA) is 25.8 Å². The van der Waals surface area contributed by atoms with Crippen LogP contribution in [0.15, 0.2) is 23.7 Å². The maximum absolute atomic E-state index is 12.5. The van der Waals surface area contributed by atoms with Crippen molar-refractivity contribution in [2.24, 2.45) is 0 Å². The molecule has 0 atom stereocenters. The lowest BCUT2D eigenvalue weighted by Gasteiger charge is -1.93. The van der Waals surface area contributed by atoms with Crippen LogP contribution >= 0.6 is 22.9 Å². The maximum Gasteiger partial charge on any atom is 0.184 e.